The highest BCUT2D eigenvalue weighted by molar-refractivity contribution is 9.09. The lowest BCUT2D eigenvalue weighted by Crippen LogP contribution is -2.47. The van der Waals surface area contributed by atoms with Gasteiger partial charge in [-0.2, -0.15) is 0 Å². The van der Waals surface area contributed by atoms with Crippen molar-refractivity contribution in [3.8, 4) is 0 Å². The van der Waals surface area contributed by atoms with Gasteiger partial charge in [0.05, 0.1) is 5.75 Å². The van der Waals surface area contributed by atoms with Crippen LogP contribution in [0.2, 0.25) is 0 Å². The maximum Gasteiger partial charge on any atom is 0.230 e. The third-order valence-corrected chi connectivity index (χ3v) is 4.88. The second kappa shape index (κ2) is 7.07. The average molecular weight is 316 g/mol. The van der Waals surface area contributed by atoms with Crippen LogP contribution in [-0.4, -0.2) is 22.5 Å². The van der Waals surface area contributed by atoms with Crippen LogP contribution in [0.3, 0.4) is 0 Å². The number of carbonyl (C=O) groups excluding carboxylic acids is 1. The second-order valence-corrected chi connectivity index (χ2v) is 5.81. The van der Waals surface area contributed by atoms with Crippen molar-refractivity contribution < 1.29 is 4.79 Å². The van der Waals surface area contributed by atoms with E-state index < -0.39 is 0 Å². The maximum absolute atomic E-state index is 11.8. The monoisotopic (exact) mass is 315 g/mol. The molecule has 1 aromatic carbocycles. The summed E-state index contributed by atoms with van der Waals surface area (Å²) < 4.78 is 0. The van der Waals surface area contributed by atoms with E-state index in [1.54, 1.807) is 11.8 Å². The zero-order valence-corrected chi connectivity index (χ0v) is 12.6. The van der Waals surface area contributed by atoms with Crippen LogP contribution < -0.4 is 5.32 Å². The molecule has 1 unspecified atom stereocenters. The molecule has 0 aliphatic rings. The quantitative estimate of drug-likeness (QED) is 0.643. The number of amides is 1. The molecule has 2 nitrogen and oxygen atoms in total. The Labute approximate surface area is 116 Å². The molecule has 17 heavy (non-hydrogen) atoms. The third kappa shape index (κ3) is 5.13. The van der Waals surface area contributed by atoms with Crippen molar-refractivity contribution in [2.45, 2.75) is 30.7 Å². The molecule has 1 atom stereocenters. The summed E-state index contributed by atoms with van der Waals surface area (Å²) in [5, 5.41) is 3.83. The van der Waals surface area contributed by atoms with Crippen molar-refractivity contribution in [2.75, 3.05) is 11.1 Å². The zero-order chi connectivity index (χ0) is 12.7. The van der Waals surface area contributed by atoms with Crippen LogP contribution in [0.25, 0.3) is 0 Å². The Balaban J connectivity index is 2.40. The lowest BCUT2D eigenvalue weighted by atomic mass is 10.0. The van der Waals surface area contributed by atoms with Gasteiger partial charge >= 0.3 is 0 Å². The number of carbonyl (C=O) groups is 1. The SMILES string of the molecule is CCC(C)(CBr)NC(=O)CSc1ccccc1. The highest BCUT2D eigenvalue weighted by Gasteiger charge is 2.22. The number of halogens is 1. The summed E-state index contributed by atoms with van der Waals surface area (Å²) in [4.78, 5) is 12.9. The van der Waals surface area contributed by atoms with Gasteiger partial charge in [0.1, 0.15) is 0 Å². The number of thioether (sulfide) groups is 1. The highest BCUT2D eigenvalue weighted by Crippen LogP contribution is 2.18. The first-order chi connectivity index (χ1) is 8.09. The molecule has 1 aromatic rings. The zero-order valence-electron chi connectivity index (χ0n) is 10.2. The van der Waals surface area contributed by atoms with Crippen molar-refractivity contribution >= 4 is 33.6 Å². The summed E-state index contributed by atoms with van der Waals surface area (Å²) in [5.74, 6) is 0.551. The van der Waals surface area contributed by atoms with Gasteiger partial charge < -0.3 is 5.32 Å². The van der Waals surface area contributed by atoms with Crippen LogP contribution in [0.5, 0.6) is 0 Å². The van der Waals surface area contributed by atoms with Crippen LogP contribution in [0.15, 0.2) is 35.2 Å². The average Bonchev–Trinajstić information content (AvgIpc) is 2.37. The molecular weight excluding hydrogens is 298 g/mol. The van der Waals surface area contributed by atoms with Crippen molar-refractivity contribution in [1.29, 1.82) is 0 Å². The van der Waals surface area contributed by atoms with E-state index in [2.05, 4.69) is 28.2 Å². The lowest BCUT2D eigenvalue weighted by Gasteiger charge is -2.27. The Morgan fingerprint density at radius 1 is 1.41 bits per heavy atom. The Hall–Kier alpha value is -0.480. The maximum atomic E-state index is 11.8. The summed E-state index contributed by atoms with van der Waals surface area (Å²) >= 11 is 5.00. The minimum atomic E-state index is -0.145. The van der Waals surface area contributed by atoms with E-state index in [0.717, 1.165) is 16.6 Å². The molecule has 0 heterocycles. The standard InChI is InChI=1S/C13H18BrNOS/c1-3-13(2,10-14)15-12(16)9-17-11-7-5-4-6-8-11/h4-8H,3,9-10H2,1-2H3,(H,15,16). The van der Waals surface area contributed by atoms with Gasteiger partial charge in [-0.05, 0) is 25.5 Å². The molecule has 0 saturated heterocycles. The first-order valence-corrected chi connectivity index (χ1v) is 7.75. The fraction of sp³-hybridized carbons (Fsp3) is 0.462. The van der Waals surface area contributed by atoms with Gasteiger partial charge in [-0.15, -0.1) is 11.8 Å². The lowest BCUT2D eigenvalue weighted by molar-refractivity contribution is -0.120. The Bertz CT molecular complexity index is 352. The van der Waals surface area contributed by atoms with Gasteiger partial charge in [-0.3, -0.25) is 4.79 Å². The van der Waals surface area contributed by atoms with Crippen molar-refractivity contribution in [3.63, 3.8) is 0 Å². The number of benzene rings is 1. The molecule has 0 aliphatic carbocycles. The second-order valence-electron chi connectivity index (χ2n) is 4.20. The molecule has 94 valence electrons. The van der Waals surface area contributed by atoms with Crippen LogP contribution in [0.1, 0.15) is 20.3 Å². The van der Waals surface area contributed by atoms with Gasteiger partial charge in [0.15, 0.2) is 0 Å². The van der Waals surface area contributed by atoms with Crippen LogP contribution in [0, 0.1) is 0 Å². The van der Waals surface area contributed by atoms with E-state index >= 15 is 0 Å². The topological polar surface area (TPSA) is 29.1 Å². The molecule has 0 radical (unpaired) electrons. The number of rotatable bonds is 6. The summed E-state index contributed by atoms with van der Waals surface area (Å²) in [7, 11) is 0. The van der Waals surface area contributed by atoms with Crippen LogP contribution in [0.4, 0.5) is 0 Å². The summed E-state index contributed by atoms with van der Waals surface area (Å²) in [6.07, 6.45) is 0.917. The smallest absolute Gasteiger partial charge is 0.230 e. The number of hydrogen-bond donors (Lipinski definition) is 1. The summed E-state index contributed by atoms with van der Waals surface area (Å²) in [6, 6.07) is 9.97. The first-order valence-electron chi connectivity index (χ1n) is 5.64. The third-order valence-electron chi connectivity index (χ3n) is 2.63. The van der Waals surface area contributed by atoms with E-state index in [1.165, 1.54) is 0 Å². The van der Waals surface area contributed by atoms with Crippen LogP contribution >= 0.6 is 27.7 Å². The number of alkyl halides is 1. The molecule has 0 aromatic heterocycles. The van der Waals surface area contributed by atoms with Crippen molar-refractivity contribution in [2.24, 2.45) is 0 Å². The fourth-order valence-corrected chi connectivity index (χ4v) is 2.51. The normalized spacial score (nSPS) is 14.1. The van der Waals surface area contributed by atoms with E-state index in [4.69, 9.17) is 0 Å². The van der Waals surface area contributed by atoms with E-state index in [9.17, 15) is 4.79 Å². The Kier molecular flexibility index (Phi) is 6.06. The van der Waals surface area contributed by atoms with Gasteiger partial charge in [-0.25, -0.2) is 0 Å². The van der Waals surface area contributed by atoms with E-state index in [1.807, 2.05) is 37.3 Å². The van der Waals surface area contributed by atoms with E-state index in [0.29, 0.717) is 5.75 Å². The Morgan fingerprint density at radius 3 is 2.59 bits per heavy atom. The molecule has 0 fully saturated rings. The van der Waals surface area contributed by atoms with Gasteiger partial charge in [-0.1, -0.05) is 41.1 Å². The van der Waals surface area contributed by atoms with Gasteiger partial charge in [0, 0.05) is 15.8 Å². The van der Waals surface area contributed by atoms with Gasteiger partial charge in [0.25, 0.3) is 0 Å². The van der Waals surface area contributed by atoms with E-state index in [-0.39, 0.29) is 11.4 Å². The molecule has 1 rings (SSSR count). The summed E-state index contributed by atoms with van der Waals surface area (Å²) in [6.45, 7) is 4.12. The highest BCUT2D eigenvalue weighted by atomic mass is 79.9. The number of hydrogen-bond acceptors (Lipinski definition) is 2. The number of nitrogens with one attached hydrogen (secondary N) is 1. The predicted octanol–water partition coefficient (Wildman–Crippen LogP) is 3.46. The molecule has 1 amide bonds. The first kappa shape index (κ1) is 14.6. The molecular formula is C13H18BrNOS. The van der Waals surface area contributed by atoms with Gasteiger partial charge in [0.2, 0.25) is 5.91 Å². The Morgan fingerprint density at radius 2 is 2.06 bits per heavy atom. The largest absolute Gasteiger partial charge is 0.349 e. The molecule has 1 N–H and O–H groups in total. The molecule has 0 bridgehead atoms. The molecule has 0 saturated carbocycles. The minimum absolute atomic E-state index is 0.0858. The van der Waals surface area contributed by atoms with Crippen molar-refractivity contribution in [1.82, 2.24) is 5.32 Å². The predicted molar refractivity (Wildman–Crippen MR) is 77.8 cm³/mol. The summed E-state index contributed by atoms with van der Waals surface area (Å²) in [5.41, 5.74) is -0.145. The van der Waals surface area contributed by atoms with Crippen molar-refractivity contribution in [3.05, 3.63) is 30.3 Å². The molecule has 0 spiro atoms. The van der Waals surface area contributed by atoms with Crippen LogP contribution in [-0.2, 0) is 4.79 Å². The molecule has 4 heteroatoms. The molecule has 0 aliphatic heterocycles. The minimum Gasteiger partial charge on any atom is -0.349 e. The fourth-order valence-electron chi connectivity index (χ4n) is 1.25.